The van der Waals surface area contributed by atoms with E-state index in [0.29, 0.717) is 24.6 Å². The van der Waals surface area contributed by atoms with Crippen LogP contribution in [0.15, 0.2) is 53.2 Å². The van der Waals surface area contributed by atoms with Crippen molar-refractivity contribution in [2.24, 2.45) is 0 Å². The topological polar surface area (TPSA) is 75.8 Å². The van der Waals surface area contributed by atoms with Crippen LogP contribution in [-0.2, 0) is 13.1 Å². The normalized spacial score (nSPS) is 11.2. The maximum absolute atomic E-state index is 12.3. The largest absolute Gasteiger partial charge is 0.454 e. The molecule has 0 aliphatic carbocycles. The molecule has 4 rings (SSSR count). The van der Waals surface area contributed by atoms with Crippen LogP contribution in [0.3, 0.4) is 0 Å². The van der Waals surface area contributed by atoms with Crippen LogP contribution in [0, 0.1) is 13.8 Å². The number of rotatable bonds is 5. The van der Waals surface area contributed by atoms with Gasteiger partial charge in [0.1, 0.15) is 5.76 Å². The van der Waals surface area contributed by atoms with Crippen molar-refractivity contribution in [1.29, 1.82) is 0 Å². The molecule has 0 saturated carbocycles. The number of benzene rings is 1. The van der Waals surface area contributed by atoms with E-state index in [-0.39, 0.29) is 5.91 Å². The van der Waals surface area contributed by atoms with Gasteiger partial charge < -0.3 is 14.7 Å². The van der Waals surface area contributed by atoms with Gasteiger partial charge in [0.05, 0.1) is 6.54 Å². The summed E-state index contributed by atoms with van der Waals surface area (Å²) in [5.41, 5.74) is 4.57. The van der Waals surface area contributed by atoms with Gasteiger partial charge in [-0.3, -0.25) is 9.48 Å². The summed E-state index contributed by atoms with van der Waals surface area (Å²) in [7, 11) is 0. The summed E-state index contributed by atoms with van der Waals surface area (Å²) in [6.07, 6.45) is 3.56. The number of amides is 1. The van der Waals surface area contributed by atoms with Crippen LogP contribution in [0.4, 0.5) is 0 Å². The van der Waals surface area contributed by atoms with E-state index in [9.17, 15) is 4.79 Å². The molecule has 0 atom stereocenters. The van der Waals surface area contributed by atoms with Crippen molar-refractivity contribution in [3.63, 3.8) is 0 Å². The lowest BCUT2D eigenvalue weighted by Gasteiger charge is -2.04. The van der Waals surface area contributed by atoms with E-state index >= 15 is 0 Å². The molecule has 0 bridgehead atoms. The van der Waals surface area contributed by atoms with Crippen LogP contribution in [0.25, 0.3) is 10.9 Å². The number of furan rings is 1. The van der Waals surface area contributed by atoms with Crippen molar-refractivity contribution >= 4 is 16.8 Å². The molecule has 132 valence electrons. The van der Waals surface area contributed by atoms with Gasteiger partial charge in [-0.15, -0.1) is 0 Å². The highest BCUT2D eigenvalue weighted by atomic mass is 16.4. The van der Waals surface area contributed by atoms with Crippen molar-refractivity contribution in [3.8, 4) is 0 Å². The number of aryl methyl sites for hydroxylation is 2. The number of carbonyl (C=O) groups is 1. The zero-order valence-corrected chi connectivity index (χ0v) is 14.7. The molecular formula is C20H20N4O2. The average Bonchev–Trinajstić information content (AvgIpc) is 3.37. The fourth-order valence-corrected chi connectivity index (χ4v) is 3.03. The van der Waals surface area contributed by atoms with Crippen LogP contribution in [-0.4, -0.2) is 20.7 Å². The van der Waals surface area contributed by atoms with Gasteiger partial charge in [-0.05, 0) is 55.3 Å². The maximum Gasteiger partial charge on any atom is 0.287 e. The summed E-state index contributed by atoms with van der Waals surface area (Å²) in [6, 6.07) is 11.5. The first-order valence-electron chi connectivity index (χ1n) is 8.52. The third-order valence-electron chi connectivity index (χ3n) is 4.59. The quantitative estimate of drug-likeness (QED) is 0.579. The lowest BCUT2D eigenvalue weighted by Crippen LogP contribution is -2.22. The summed E-state index contributed by atoms with van der Waals surface area (Å²) >= 11 is 0. The molecule has 0 radical (unpaired) electrons. The van der Waals surface area contributed by atoms with Crippen LogP contribution < -0.4 is 5.32 Å². The number of fused-ring (bicyclic) bond motifs is 1. The Balaban J connectivity index is 1.42. The number of hydrogen-bond acceptors (Lipinski definition) is 3. The fraction of sp³-hybridized carbons (Fsp3) is 0.200. The Morgan fingerprint density at radius 3 is 2.96 bits per heavy atom. The molecule has 2 N–H and O–H groups in total. The number of aromatic amines is 1. The molecule has 1 aromatic carbocycles. The Hall–Kier alpha value is -3.28. The van der Waals surface area contributed by atoms with E-state index in [4.69, 9.17) is 4.42 Å². The second kappa shape index (κ2) is 6.55. The third-order valence-corrected chi connectivity index (χ3v) is 4.59. The molecular weight excluding hydrogens is 328 g/mol. The smallest absolute Gasteiger partial charge is 0.287 e. The number of nitrogens with one attached hydrogen (secondary N) is 2. The van der Waals surface area contributed by atoms with E-state index in [1.165, 1.54) is 16.6 Å². The monoisotopic (exact) mass is 348 g/mol. The van der Waals surface area contributed by atoms with Crippen molar-refractivity contribution in [2.45, 2.75) is 26.9 Å². The van der Waals surface area contributed by atoms with Gasteiger partial charge in [0.15, 0.2) is 5.76 Å². The highest BCUT2D eigenvalue weighted by molar-refractivity contribution is 5.91. The molecule has 1 amide bonds. The Morgan fingerprint density at radius 1 is 1.27 bits per heavy atom. The predicted molar refractivity (Wildman–Crippen MR) is 99.0 cm³/mol. The zero-order valence-electron chi connectivity index (χ0n) is 14.7. The number of H-pyrrole nitrogens is 1. The lowest BCUT2D eigenvalue weighted by molar-refractivity contribution is 0.0921. The number of aromatic nitrogens is 3. The van der Waals surface area contributed by atoms with Gasteiger partial charge in [0, 0.05) is 35.5 Å². The summed E-state index contributed by atoms with van der Waals surface area (Å²) < 4.78 is 7.37. The minimum atomic E-state index is -0.223. The predicted octanol–water partition coefficient (Wildman–Crippen LogP) is 3.55. The van der Waals surface area contributed by atoms with E-state index in [1.54, 1.807) is 23.0 Å². The number of hydrogen-bond donors (Lipinski definition) is 2. The number of nitrogens with zero attached hydrogens (tertiary/aromatic N) is 2. The van der Waals surface area contributed by atoms with Gasteiger partial charge in [0.2, 0.25) is 0 Å². The molecule has 0 unspecified atom stereocenters. The second-order valence-electron chi connectivity index (χ2n) is 6.41. The summed E-state index contributed by atoms with van der Waals surface area (Å²) in [6.45, 7) is 5.12. The minimum Gasteiger partial charge on any atom is -0.454 e. The first-order valence-corrected chi connectivity index (χ1v) is 8.52. The van der Waals surface area contributed by atoms with Gasteiger partial charge in [-0.2, -0.15) is 5.10 Å². The molecule has 0 fully saturated rings. The molecule has 6 nitrogen and oxygen atoms in total. The summed E-state index contributed by atoms with van der Waals surface area (Å²) in [5, 5.41) is 8.23. The molecule has 0 saturated heterocycles. The minimum absolute atomic E-state index is 0.223. The second-order valence-corrected chi connectivity index (χ2v) is 6.41. The summed E-state index contributed by atoms with van der Waals surface area (Å²) in [4.78, 5) is 15.7. The van der Waals surface area contributed by atoms with Crippen molar-refractivity contribution in [3.05, 3.63) is 77.1 Å². The van der Waals surface area contributed by atoms with Crippen molar-refractivity contribution in [1.82, 2.24) is 20.1 Å². The van der Waals surface area contributed by atoms with Crippen molar-refractivity contribution in [2.75, 3.05) is 0 Å². The number of carbonyl (C=O) groups excluding carboxylic acids is 1. The highest BCUT2D eigenvalue weighted by Gasteiger charge is 2.12. The summed E-state index contributed by atoms with van der Waals surface area (Å²) in [5.74, 6) is 0.777. The molecule has 0 spiro atoms. The molecule has 4 aromatic rings. The van der Waals surface area contributed by atoms with E-state index < -0.39 is 0 Å². The molecule has 6 heteroatoms. The first-order chi connectivity index (χ1) is 12.6. The van der Waals surface area contributed by atoms with Crippen LogP contribution in [0.5, 0.6) is 0 Å². The Morgan fingerprint density at radius 2 is 2.15 bits per heavy atom. The Labute approximate surface area is 150 Å². The molecule has 3 aromatic heterocycles. The SMILES string of the molecule is Cc1[nH]c2ccc(CNC(=O)c3ccc(Cn4cccn4)o3)cc2c1C. The van der Waals surface area contributed by atoms with E-state index in [2.05, 4.69) is 35.3 Å². The maximum atomic E-state index is 12.3. The molecule has 0 aliphatic heterocycles. The van der Waals surface area contributed by atoms with Gasteiger partial charge in [-0.1, -0.05) is 6.07 Å². The molecule has 0 aliphatic rings. The highest BCUT2D eigenvalue weighted by Crippen LogP contribution is 2.22. The first kappa shape index (κ1) is 16.2. The van der Waals surface area contributed by atoms with E-state index in [0.717, 1.165) is 11.1 Å². The van der Waals surface area contributed by atoms with Gasteiger partial charge >= 0.3 is 0 Å². The van der Waals surface area contributed by atoms with Crippen LogP contribution in [0.1, 0.15) is 33.1 Å². The average molecular weight is 348 g/mol. The van der Waals surface area contributed by atoms with E-state index in [1.807, 2.05) is 24.4 Å². The fourth-order valence-electron chi connectivity index (χ4n) is 3.03. The van der Waals surface area contributed by atoms with Crippen LogP contribution >= 0.6 is 0 Å². The van der Waals surface area contributed by atoms with Crippen LogP contribution in [0.2, 0.25) is 0 Å². The standard InChI is InChI=1S/C20H20N4O2/c1-13-14(2)23-18-6-4-15(10-17(13)18)11-21-20(25)19-7-5-16(26-19)12-24-9-3-8-22-24/h3-10,23H,11-12H2,1-2H3,(H,21,25). The van der Waals surface area contributed by atoms with Crippen molar-refractivity contribution < 1.29 is 9.21 Å². The third kappa shape index (κ3) is 3.13. The molecule has 26 heavy (non-hydrogen) atoms. The zero-order chi connectivity index (χ0) is 18.1. The Bertz CT molecular complexity index is 1060. The van der Waals surface area contributed by atoms with Gasteiger partial charge in [-0.25, -0.2) is 0 Å². The lowest BCUT2D eigenvalue weighted by atomic mass is 10.1. The molecule has 3 heterocycles. The van der Waals surface area contributed by atoms with Gasteiger partial charge in [0.25, 0.3) is 5.91 Å². The Kier molecular flexibility index (Phi) is 4.08.